The average Bonchev–Trinajstić information content (AvgIpc) is 3.11. The predicted molar refractivity (Wildman–Crippen MR) is 74.6 cm³/mol. The number of benzene rings is 1. The molecular weight excluding hydrogens is 236 g/mol. The summed E-state index contributed by atoms with van der Waals surface area (Å²) in [5, 5.41) is 0. The molecule has 0 radical (unpaired) electrons. The van der Waals surface area contributed by atoms with Gasteiger partial charge in [0.2, 0.25) is 0 Å². The minimum Gasteiger partial charge on any atom is -0.324 e. The molecule has 1 aromatic carbocycles. The van der Waals surface area contributed by atoms with Crippen molar-refractivity contribution < 1.29 is 4.79 Å². The van der Waals surface area contributed by atoms with E-state index >= 15 is 0 Å². The summed E-state index contributed by atoms with van der Waals surface area (Å²) in [4.78, 5) is 16.6. The van der Waals surface area contributed by atoms with Crippen molar-refractivity contribution in [3.05, 3.63) is 42.7 Å². The molecule has 1 aliphatic carbocycles. The third-order valence-electron chi connectivity index (χ3n) is 3.88. The van der Waals surface area contributed by atoms with Crippen LogP contribution in [0.5, 0.6) is 0 Å². The number of carbonyl (C=O) groups excluding carboxylic acids is 1. The zero-order chi connectivity index (χ0) is 13.1. The van der Waals surface area contributed by atoms with Gasteiger partial charge in [-0.2, -0.15) is 0 Å². The van der Waals surface area contributed by atoms with Crippen molar-refractivity contribution in [3.8, 4) is 11.4 Å². The summed E-state index contributed by atoms with van der Waals surface area (Å²) in [6.45, 7) is 0.453. The van der Waals surface area contributed by atoms with Crippen LogP contribution in [0.15, 0.2) is 42.7 Å². The van der Waals surface area contributed by atoms with Gasteiger partial charge in [0, 0.05) is 23.9 Å². The Bertz CT molecular complexity index is 553. The Morgan fingerprint density at radius 2 is 1.95 bits per heavy atom. The lowest BCUT2D eigenvalue weighted by atomic mass is 10.0. The molecule has 1 aromatic heterocycles. The molecule has 0 atom stereocenters. The summed E-state index contributed by atoms with van der Waals surface area (Å²) < 4.78 is 1.97. The molecule has 1 aliphatic rings. The van der Waals surface area contributed by atoms with E-state index in [9.17, 15) is 4.79 Å². The van der Waals surface area contributed by atoms with Gasteiger partial charge in [-0.1, -0.05) is 43.2 Å². The number of imidazole rings is 1. The summed E-state index contributed by atoms with van der Waals surface area (Å²) in [5.74, 6) is 1.51. The van der Waals surface area contributed by atoms with E-state index in [4.69, 9.17) is 0 Å². The van der Waals surface area contributed by atoms with Gasteiger partial charge in [-0.3, -0.25) is 4.79 Å². The standard InChI is InChI=1S/C16H18N2O/c19-15(13-6-4-5-7-13)12-18-11-10-17-16(18)14-8-2-1-3-9-14/h1-3,8-11,13H,4-7,12H2. The predicted octanol–water partition coefficient (Wildman–Crippen LogP) is 3.31. The van der Waals surface area contributed by atoms with Crippen molar-refractivity contribution in [2.24, 2.45) is 5.92 Å². The van der Waals surface area contributed by atoms with Gasteiger partial charge in [0.15, 0.2) is 5.78 Å². The fraction of sp³-hybridized carbons (Fsp3) is 0.375. The summed E-state index contributed by atoms with van der Waals surface area (Å²) in [6, 6.07) is 10.0. The molecule has 0 bridgehead atoms. The number of hydrogen-bond donors (Lipinski definition) is 0. The van der Waals surface area contributed by atoms with Crippen LogP contribution >= 0.6 is 0 Å². The number of nitrogens with zero attached hydrogens (tertiary/aromatic N) is 2. The van der Waals surface area contributed by atoms with Gasteiger partial charge in [-0.25, -0.2) is 4.98 Å². The smallest absolute Gasteiger partial charge is 0.155 e. The molecule has 1 heterocycles. The van der Waals surface area contributed by atoms with Gasteiger partial charge in [0.25, 0.3) is 0 Å². The topological polar surface area (TPSA) is 34.9 Å². The summed E-state index contributed by atoms with van der Waals surface area (Å²) >= 11 is 0. The third-order valence-corrected chi connectivity index (χ3v) is 3.88. The Balaban J connectivity index is 1.79. The third kappa shape index (κ3) is 2.60. The first-order valence-electron chi connectivity index (χ1n) is 6.94. The highest BCUT2D eigenvalue weighted by molar-refractivity contribution is 5.81. The molecule has 1 fully saturated rings. The second-order valence-corrected chi connectivity index (χ2v) is 5.19. The minimum absolute atomic E-state index is 0.269. The van der Waals surface area contributed by atoms with Crippen LogP contribution in [0.2, 0.25) is 0 Å². The normalized spacial score (nSPS) is 15.8. The monoisotopic (exact) mass is 254 g/mol. The Hall–Kier alpha value is -1.90. The highest BCUT2D eigenvalue weighted by atomic mass is 16.1. The zero-order valence-corrected chi connectivity index (χ0v) is 11.0. The van der Waals surface area contributed by atoms with Crippen LogP contribution in [0.3, 0.4) is 0 Å². The van der Waals surface area contributed by atoms with E-state index < -0.39 is 0 Å². The molecule has 3 nitrogen and oxygen atoms in total. The Kier molecular flexibility index (Phi) is 3.45. The van der Waals surface area contributed by atoms with Crippen molar-refractivity contribution in [1.82, 2.24) is 9.55 Å². The van der Waals surface area contributed by atoms with Crippen LogP contribution in [-0.4, -0.2) is 15.3 Å². The number of carbonyl (C=O) groups is 1. The maximum Gasteiger partial charge on any atom is 0.155 e. The largest absolute Gasteiger partial charge is 0.324 e. The summed E-state index contributed by atoms with van der Waals surface area (Å²) in [7, 11) is 0. The maximum atomic E-state index is 12.2. The van der Waals surface area contributed by atoms with Crippen molar-refractivity contribution in [1.29, 1.82) is 0 Å². The lowest BCUT2D eigenvalue weighted by Gasteiger charge is -2.11. The van der Waals surface area contributed by atoms with Crippen LogP contribution in [0.25, 0.3) is 11.4 Å². The minimum atomic E-state index is 0.269. The van der Waals surface area contributed by atoms with Crippen LogP contribution < -0.4 is 0 Å². The quantitative estimate of drug-likeness (QED) is 0.839. The molecule has 2 aromatic rings. The van der Waals surface area contributed by atoms with Crippen molar-refractivity contribution in [3.63, 3.8) is 0 Å². The lowest BCUT2D eigenvalue weighted by molar-refractivity contribution is -0.123. The SMILES string of the molecule is O=C(Cn1ccnc1-c1ccccc1)C1CCCC1. The molecule has 0 N–H and O–H groups in total. The van der Waals surface area contributed by atoms with Gasteiger partial charge in [-0.15, -0.1) is 0 Å². The molecule has 3 rings (SSSR count). The number of hydrogen-bond acceptors (Lipinski definition) is 2. The molecule has 0 unspecified atom stereocenters. The molecular formula is C16H18N2O. The highest BCUT2D eigenvalue weighted by Crippen LogP contribution is 2.26. The second kappa shape index (κ2) is 5.39. The van der Waals surface area contributed by atoms with Crippen molar-refractivity contribution >= 4 is 5.78 Å². The fourth-order valence-electron chi connectivity index (χ4n) is 2.83. The average molecular weight is 254 g/mol. The Morgan fingerprint density at radius 3 is 2.68 bits per heavy atom. The first-order chi connectivity index (χ1) is 9.34. The van der Waals surface area contributed by atoms with Crippen molar-refractivity contribution in [2.75, 3.05) is 0 Å². The molecule has 0 spiro atoms. The fourth-order valence-corrected chi connectivity index (χ4v) is 2.83. The molecule has 1 saturated carbocycles. The summed E-state index contributed by atoms with van der Waals surface area (Å²) in [5.41, 5.74) is 1.06. The summed E-state index contributed by atoms with van der Waals surface area (Å²) in [6.07, 6.45) is 8.19. The van der Waals surface area contributed by atoms with Crippen LogP contribution in [0.4, 0.5) is 0 Å². The van der Waals surface area contributed by atoms with E-state index in [1.807, 2.05) is 41.1 Å². The van der Waals surface area contributed by atoms with Crippen LogP contribution in [0.1, 0.15) is 25.7 Å². The van der Waals surface area contributed by atoms with Gasteiger partial charge < -0.3 is 4.57 Å². The van der Waals surface area contributed by atoms with Gasteiger partial charge in [0.05, 0.1) is 6.54 Å². The zero-order valence-electron chi connectivity index (χ0n) is 11.0. The first-order valence-corrected chi connectivity index (χ1v) is 6.94. The number of ketones is 1. The van der Waals surface area contributed by atoms with Gasteiger partial charge in [-0.05, 0) is 12.8 Å². The number of aromatic nitrogens is 2. The Labute approximate surface area is 113 Å². The lowest BCUT2D eigenvalue weighted by Crippen LogP contribution is -2.18. The molecule has 0 saturated heterocycles. The van der Waals surface area contributed by atoms with Crippen LogP contribution in [0, 0.1) is 5.92 Å². The number of rotatable bonds is 4. The van der Waals surface area contributed by atoms with E-state index in [0.29, 0.717) is 12.3 Å². The van der Waals surface area contributed by atoms with E-state index in [0.717, 1.165) is 24.2 Å². The molecule has 3 heteroatoms. The van der Waals surface area contributed by atoms with Crippen LogP contribution in [-0.2, 0) is 11.3 Å². The van der Waals surface area contributed by atoms with E-state index in [1.165, 1.54) is 12.8 Å². The highest BCUT2D eigenvalue weighted by Gasteiger charge is 2.23. The van der Waals surface area contributed by atoms with E-state index in [2.05, 4.69) is 4.98 Å². The molecule has 98 valence electrons. The number of Topliss-reactive ketones (excluding diaryl/α,β-unsaturated/α-hetero) is 1. The second-order valence-electron chi connectivity index (χ2n) is 5.19. The molecule has 19 heavy (non-hydrogen) atoms. The van der Waals surface area contributed by atoms with Crippen molar-refractivity contribution in [2.45, 2.75) is 32.2 Å². The van der Waals surface area contributed by atoms with Gasteiger partial charge in [0.1, 0.15) is 5.82 Å². The Morgan fingerprint density at radius 1 is 1.21 bits per heavy atom. The molecule has 0 amide bonds. The molecule has 0 aliphatic heterocycles. The first kappa shape index (κ1) is 12.2. The van der Waals surface area contributed by atoms with Gasteiger partial charge >= 0.3 is 0 Å². The maximum absolute atomic E-state index is 12.2. The van der Waals surface area contributed by atoms with E-state index in [-0.39, 0.29) is 5.92 Å². The van der Waals surface area contributed by atoms with E-state index in [1.54, 1.807) is 6.20 Å².